The van der Waals surface area contributed by atoms with Gasteiger partial charge in [-0.15, -0.1) is 11.6 Å². The molecule has 0 bridgehead atoms. The second-order valence-electron chi connectivity index (χ2n) is 5.51. The van der Waals surface area contributed by atoms with Crippen molar-refractivity contribution < 1.29 is 14.3 Å². The van der Waals surface area contributed by atoms with Gasteiger partial charge in [0.2, 0.25) is 0 Å². The number of benzene rings is 1. The van der Waals surface area contributed by atoms with Gasteiger partial charge in [-0.3, -0.25) is 0 Å². The van der Waals surface area contributed by atoms with Crippen molar-refractivity contribution in [3.63, 3.8) is 0 Å². The second kappa shape index (κ2) is 5.37. The topological polar surface area (TPSA) is 40.5 Å². The van der Waals surface area contributed by atoms with Gasteiger partial charge in [-0.1, -0.05) is 0 Å². The van der Waals surface area contributed by atoms with Crippen LogP contribution in [0.1, 0.15) is 26.5 Å². The highest BCUT2D eigenvalue weighted by Crippen LogP contribution is 2.26. The van der Waals surface area contributed by atoms with E-state index in [1.54, 1.807) is 13.2 Å². The number of carbonyl (C=O) groups is 1. The lowest BCUT2D eigenvalue weighted by Crippen LogP contribution is -2.27. The van der Waals surface area contributed by atoms with Crippen LogP contribution < -0.4 is 4.74 Å². The highest BCUT2D eigenvalue weighted by atomic mass is 35.5. The molecule has 0 amide bonds. The first-order chi connectivity index (χ1) is 9.35. The number of rotatable bonds is 2. The third-order valence-corrected chi connectivity index (χ3v) is 3.07. The number of fused-ring (bicyclic) bond motifs is 1. The lowest BCUT2D eigenvalue weighted by Gasteiger charge is -2.20. The Morgan fingerprint density at radius 1 is 1.30 bits per heavy atom. The van der Waals surface area contributed by atoms with Gasteiger partial charge in [0.1, 0.15) is 11.4 Å². The van der Waals surface area contributed by atoms with Gasteiger partial charge in [0, 0.05) is 11.1 Å². The standard InChI is InChI=1S/C15H18ClNO3/c1-15(2,3)20-14(18)17-11(9-16)7-10-8-12(19-4)5-6-13(10)17/h5-8H,9H2,1-4H3. The van der Waals surface area contributed by atoms with Crippen LogP contribution in [-0.2, 0) is 10.6 Å². The lowest BCUT2D eigenvalue weighted by atomic mass is 10.2. The summed E-state index contributed by atoms with van der Waals surface area (Å²) in [5.41, 5.74) is 0.906. The summed E-state index contributed by atoms with van der Waals surface area (Å²) in [4.78, 5) is 12.3. The summed E-state index contributed by atoms with van der Waals surface area (Å²) in [6.45, 7) is 5.50. The summed E-state index contributed by atoms with van der Waals surface area (Å²) in [5, 5.41) is 0.894. The number of nitrogens with zero attached hydrogens (tertiary/aromatic N) is 1. The van der Waals surface area contributed by atoms with E-state index in [0.717, 1.165) is 16.7 Å². The van der Waals surface area contributed by atoms with E-state index in [9.17, 15) is 4.79 Å². The number of hydrogen-bond donors (Lipinski definition) is 0. The molecule has 0 saturated heterocycles. The van der Waals surface area contributed by atoms with E-state index in [-0.39, 0.29) is 5.88 Å². The molecule has 0 N–H and O–H groups in total. The molecular formula is C15H18ClNO3. The molecule has 108 valence electrons. The largest absolute Gasteiger partial charge is 0.497 e. The molecule has 0 fully saturated rings. The molecule has 0 spiro atoms. The lowest BCUT2D eigenvalue weighted by molar-refractivity contribution is 0.0541. The zero-order valence-electron chi connectivity index (χ0n) is 12.1. The smallest absolute Gasteiger partial charge is 0.419 e. The van der Waals surface area contributed by atoms with Crippen LogP contribution in [0.4, 0.5) is 4.79 Å². The van der Waals surface area contributed by atoms with Gasteiger partial charge >= 0.3 is 6.09 Å². The highest BCUT2D eigenvalue weighted by Gasteiger charge is 2.21. The van der Waals surface area contributed by atoms with E-state index in [1.165, 1.54) is 4.57 Å². The number of alkyl halides is 1. The summed E-state index contributed by atoms with van der Waals surface area (Å²) < 4.78 is 12.1. The molecule has 0 unspecified atom stereocenters. The van der Waals surface area contributed by atoms with Crippen LogP contribution in [0.15, 0.2) is 24.3 Å². The molecule has 0 saturated carbocycles. The first kappa shape index (κ1) is 14.7. The molecule has 2 aromatic rings. The number of halogens is 1. The molecule has 0 aliphatic rings. The van der Waals surface area contributed by atoms with E-state index >= 15 is 0 Å². The summed E-state index contributed by atoms with van der Waals surface area (Å²) in [6, 6.07) is 7.37. The van der Waals surface area contributed by atoms with Crippen molar-refractivity contribution >= 4 is 28.6 Å². The Balaban J connectivity index is 2.53. The first-order valence-electron chi connectivity index (χ1n) is 6.33. The van der Waals surface area contributed by atoms with Crippen molar-refractivity contribution in [1.82, 2.24) is 4.57 Å². The van der Waals surface area contributed by atoms with E-state index < -0.39 is 11.7 Å². The van der Waals surface area contributed by atoms with Gasteiger partial charge in [-0.25, -0.2) is 9.36 Å². The summed E-state index contributed by atoms with van der Waals surface area (Å²) >= 11 is 5.93. The fourth-order valence-corrected chi connectivity index (χ4v) is 2.20. The minimum absolute atomic E-state index is 0.232. The predicted octanol–water partition coefficient (Wildman–Crippen LogP) is 4.17. The molecule has 1 heterocycles. The van der Waals surface area contributed by atoms with Crippen molar-refractivity contribution in [2.45, 2.75) is 32.3 Å². The summed E-state index contributed by atoms with van der Waals surface area (Å²) in [5.74, 6) is 0.968. The average molecular weight is 296 g/mol. The Bertz CT molecular complexity index is 640. The molecule has 0 aliphatic carbocycles. The normalized spacial score (nSPS) is 11.7. The zero-order valence-corrected chi connectivity index (χ0v) is 12.8. The van der Waals surface area contributed by atoms with Crippen LogP contribution in [-0.4, -0.2) is 23.4 Å². The number of carbonyl (C=O) groups excluding carboxylic acids is 1. The van der Waals surface area contributed by atoms with E-state index in [1.807, 2.05) is 39.0 Å². The maximum absolute atomic E-state index is 12.3. The number of ether oxygens (including phenoxy) is 2. The Morgan fingerprint density at radius 2 is 2.00 bits per heavy atom. The van der Waals surface area contributed by atoms with Gasteiger partial charge in [-0.2, -0.15) is 0 Å². The number of hydrogen-bond acceptors (Lipinski definition) is 3. The van der Waals surface area contributed by atoms with Crippen molar-refractivity contribution in [3.05, 3.63) is 30.0 Å². The van der Waals surface area contributed by atoms with Gasteiger partial charge in [-0.05, 0) is 45.0 Å². The van der Waals surface area contributed by atoms with Crippen LogP contribution in [0.3, 0.4) is 0 Å². The molecule has 2 rings (SSSR count). The highest BCUT2D eigenvalue weighted by molar-refractivity contribution is 6.17. The molecule has 4 nitrogen and oxygen atoms in total. The maximum atomic E-state index is 12.3. The molecule has 5 heteroatoms. The van der Waals surface area contributed by atoms with Gasteiger partial charge < -0.3 is 9.47 Å². The van der Waals surface area contributed by atoms with Crippen molar-refractivity contribution in [2.75, 3.05) is 7.11 Å². The minimum Gasteiger partial charge on any atom is -0.497 e. The first-order valence-corrected chi connectivity index (χ1v) is 6.87. The van der Waals surface area contributed by atoms with Crippen LogP contribution in [0, 0.1) is 0 Å². The third-order valence-electron chi connectivity index (χ3n) is 2.80. The predicted molar refractivity (Wildman–Crippen MR) is 79.7 cm³/mol. The molecule has 0 atom stereocenters. The average Bonchev–Trinajstić information content (AvgIpc) is 2.73. The minimum atomic E-state index is -0.552. The van der Waals surface area contributed by atoms with Gasteiger partial charge in [0.25, 0.3) is 0 Å². The molecule has 20 heavy (non-hydrogen) atoms. The Morgan fingerprint density at radius 3 is 2.55 bits per heavy atom. The Hall–Kier alpha value is -1.68. The van der Waals surface area contributed by atoms with E-state index in [4.69, 9.17) is 21.1 Å². The Labute approximate surface area is 123 Å². The zero-order chi connectivity index (χ0) is 14.9. The quantitative estimate of drug-likeness (QED) is 0.781. The van der Waals surface area contributed by atoms with Gasteiger partial charge in [0.15, 0.2) is 0 Å². The van der Waals surface area contributed by atoms with Crippen LogP contribution >= 0.6 is 11.6 Å². The second-order valence-corrected chi connectivity index (χ2v) is 5.78. The third kappa shape index (κ3) is 2.90. The molecule has 0 radical (unpaired) electrons. The van der Waals surface area contributed by atoms with Crippen LogP contribution in [0.2, 0.25) is 0 Å². The van der Waals surface area contributed by atoms with Crippen LogP contribution in [0.5, 0.6) is 5.75 Å². The molecular weight excluding hydrogens is 278 g/mol. The number of methoxy groups -OCH3 is 1. The Kier molecular flexibility index (Phi) is 3.95. The molecule has 0 aliphatic heterocycles. The van der Waals surface area contributed by atoms with Crippen molar-refractivity contribution in [1.29, 1.82) is 0 Å². The molecule has 1 aromatic heterocycles. The van der Waals surface area contributed by atoms with E-state index in [0.29, 0.717) is 5.69 Å². The fourth-order valence-electron chi connectivity index (χ4n) is 2.00. The maximum Gasteiger partial charge on any atom is 0.419 e. The summed E-state index contributed by atoms with van der Waals surface area (Å²) in [7, 11) is 1.61. The monoisotopic (exact) mass is 295 g/mol. The van der Waals surface area contributed by atoms with Crippen LogP contribution in [0.25, 0.3) is 10.9 Å². The van der Waals surface area contributed by atoms with Gasteiger partial charge in [0.05, 0.1) is 18.5 Å². The van der Waals surface area contributed by atoms with E-state index in [2.05, 4.69) is 0 Å². The van der Waals surface area contributed by atoms with Crippen molar-refractivity contribution in [2.24, 2.45) is 0 Å². The van der Waals surface area contributed by atoms with Crippen molar-refractivity contribution in [3.8, 4) is 5.75 Å². The SMILES string of the molecule is COc1ccc2c(c1)cc(CCl)n2C(=O)OC(C)(C)C. The fraction of sp³-hybridized carbons (Fsp3) is 0.400. The number of aromatic nitrogens is 1. The molecule has 1 aromatic carbocycles. The summed E-state index contributed by atoms with van der Waals surface area (Å²) in [6.07, 6.45) is -0.423.